The Hall–Kier alpha value is -3.63. The van der Waals surface area contributed by atoms with Gasteiger partial charge in [0.05, 0.1) is 48.1 Å². The van der Waals surface area contributed by atoms with Crippen molar-refractivity contribution in [2.45, 2.75) is 19.3 Å². The first kappa shape index (κ1) is 25.0. The molecule has 37 heavy (non-hydrogen) atoms. The number of pyridine rings is 1. The molecular formula is C27H28BrN5O4. The molecule has 0 unspecified atom stereocenters. The van der Waals surface area contributed by atoms with Gasteiger partial charge in [0.25, 0.3) is 0 Å². The van der Waals surface area contributed by atoms with Crippen molar-refractivity contribution < 1.29 is 19.0 Å². The Labute approximate surface area is 223 Å². The average molecular weight is 566 g/mol. The normalized spacial score (nSPS) is 15.5. The highest BCUT2D eigenvalue weighted by molar-refractivity contribution is 9.10. The number of hydrogen-bond donors (Lipinski definition) is 1. The molecule has 10 heteroatoms. The van der Waals surface area contributed by atoms with Crippen LogP contribution in [0, 0.1) is 0 Å². The molecule has 1 atom stereocenters. The van der Waals surface area contributed by atoms with Gasteiger partial charge in [-0.3, -0.25) is 0 Å². The van der Waals surface area contributed by atoms with E-state index in [1.54, 1.807) is 7.11 Å². The molecule has 3 heterocycles. The van der Waals surface area contributed by atoms with Gasteiger partial charge < -0.3 is 24.4 Å². The second kappa shape index (κ2) is 11.6. The molecular weight excluding hydrogens is 538 g/mol. The van der Waals surface area contributed by atoms with Crippen molar-refractivity contribution in [3.8, 4) is 5.75 Å². The summed E-state index contributed by atoms with van der Waals surface area (Å²) in [4.78, 5) is 19.1. The lowest BCUT2D eigenvalue weighted by atomic mass is 10.2. The zero-order valence-corrected chi connectivity index (χ0v) is 22.1. The maximum absolute atomic E-state index is 12.2. The van der Waals surface area contributed by atoms with Crippen LogP contribution >= 0.6 is 15.9 Å². The van der Waals surface area contributed by atoms with Crippen molar-refractivity contribution in [3.05, 3.63) is 82.6 Å². The number of methoxy groups -OCH3 is 1. The standard InChI is InChI=1S/C27H28BrN5O4/c1-35-21-9-7-19(8-10-21)16-33-26-23(14-31-33)25(24(28)15-29-26)32-11-12-36-22(17-32)13-30-27(34)37-18-20-5-3-2-4-6-20/h2-10,14-15,22H,11-13,16-18H2,1H3,(H,30,34)/t22-/m1/s1. The summed E-state index contributed by atoms with van der Waals surface area (Å²) in [5, 5.41) is 8.41. The summed E-state index contributed by atoms with van der Waals surface area (Å²) in [5.74, 6) is 0.819. The van der Waals surface area contributed by atoms with Gasteiger partial charge in [-0.2, -0.15) is 5.10 Å². The topological polar surface area (TPSA) is 90.7 Å². The lowest BCUT2D eigenvalue weighted by Crippen LogP contribution is -2.47. The van der Waals surface area contributed by atoms with Crippen LogP contribution in [0.25, 0.3) is 11.0 Å². The van der Waals surface area contributed by atoms with Crippen LogP contribution in [0.3, 0.4) is 0 Å². The number of nitrogens with one attached hydrogen (secondary N) is 1. The Morgan fingerprint density at radius 2 is 1.95 bits per heavy atom. The van der Waals surface area contributed by atoms with Crippen molar-refractivity contribution in [2.24, 2.45) is 0 Å². The fourth-order valence-corrected chi connectivity index (χ4v) is 4.91. The van der Waals surface area contributed by atoms with Gasteiger partial charge in [-0.25, -0.2) is 14.5 Å². The number of ether oxygens (including phenoxy) is 3. The fraction of sp³-hybridized carbons (Fsp3) is 0.296. The minimum atomic E-state index is -0.461. The number of aromatic nitrogens is 3. The zero-order chi connectivity index (χ0) is 25.6. The predicted molar refractivity (Wildman–Crippen MR) is 144 cm³/mol. The molecule has 0 spiro atoms. The number of benzene rings is 2. The Bertz CT molecular complexity index is 1350. The molecule has 0 saturated carbocycles. The maximum Gasteiger partial charge on any atom is 0.407 e. The number of halogens is 1. The number of amides is 1. The number of hydrogen-bond acceptors (Lipinski definition) is 7. The summed E-state index contributed by atoms with van der Waals surface area (Å²) in [6.45, 7) is 3.06. The van der Waals surface area contributed by atoms with E-state index in [-0.39, 0.29) is 12.7 Å². The number of morpholine rings is 1. The van der Waals surface area contributed by atoms with Gasteiger partial charge in [0.2, 0.25) is 0 Å². The molecule has 0 aliphatic carbocycles. The summed E-state index contributed by atoms with van der Waals surface area (Å²) >= 11 is 3.68. The van der Waals surface area contributed by atoms with Crippen molar-refractivity contribution in [1.82, 2.24) is 20.1 Å². The van der Waals surface area contributed by atoms with Gasteiger partial charge in [-0.15, -0.1) is 0 Å². The first-order chi connectivity index (χ1) is 18.1. The van der Waals surface area contributed by atoms with Gasteiger partial charge in [0.1, 0.15) is 12.4 Å². The Kier molecular flexibility index (Phi) is 7.86. The van der Waals surface area contributed by atoms with E-state index in [9.17, 15) is 4.79 Å². The lowest BCUT2D eigenvalue weighted by Gasteiger charge is -2.35. The van der Waals surface area contributed by atoms with Gasteiger partial charge >= 0.3 is 6.09 Å². The van der Waals surface area contributed by atoms with E-state index in [2.05, 4.69) is 36.2 Å². The number of anilines is 1. The van der Waals surface area contributed by atoms with E-state index in [4.69, 9.17) is 14.2 Å². The van der Waals surface area contributed by atoms with E-state index in [1.165, 1.54) is 0 Å². The highest BCUT2D eigenvalue weighted by Crippen LogP contribution is 2.34. The van der Waals surface area contributed by atoms with Gasteiger partial charge in [-0.1, -0.05) is 42.5 Å². The van der Waals surface area contributed by atoms with Crippen LogP contribution in [-0.4, -0.2) is 60.3 Å². The van der Waals surface area contributed by atoms with Crippen molar-refractivity contribution in [1.29, 1.82) is 0 Å². The molecule has 2 aromatic heterocycles. The van der Waals surface area contributed by atoms with E-state index in [1.807, 2.05) is 71.7 Å². The molecule has 9 nitrogen and oxygen atoms in total. The second-order valence-corrected chi connectivity index (χ2v) is 9.58. The van der Waals surface area contributed by atoms with E-state index in [0.717, 1.165) is 44.6 Å². The molecule has 2 aromatic carbocycles. The Morgan fingerprint density at radius 3 is 2.73 bits per heavy atom. The lowest BCUT2D eigenvalue weighted by molar-refractivity contribution is 0.0393. The molecule has 1 aliphatic rings. The number of carbonyl (C=O) groups is 1. The third-order valence-electron chi connectivity index (χ3n) is 6.23. The SMILES string of the molecule is COc1ccc(Cn2ncc3c(N4CCO[C@H](CNC(=O)OCc5ccccc5)C4)c(Br)cnc32)cc1. The van der Waals surface area contributed by atoms with E-state index in [0.29, 0.717) is 26.2 Å². The van der Waals surface area contributed by atoms with Gasteiger partial charge in [0, 0.05) is 25.8 Å². The highest BCUT2D eigenvalue weighted by Gasteiger charge is 2.25. The molecule has 1 amide bonds. The number of fused-ring (bicyclic) bond motifs is 1. The van der Waals surface area contributed by atoms with Crippen LogP contribution in [0.15, 0.2) is 71.5 Å². The first-order valence-corrected chi connectivity index (χ1v) is 12.8. The van der Waals surface area contributed by atoms with Crippen LogP contribution < -0.4 is 15.0 Å². The number of carbonyl (C=O) groups excluding carboxylic acids is 1. The molecule has 1 fully saturated rings. The molecule has 1 N–H and O–H groups in total. The zero-order valence-electron chi connectivity index (χ0n) is 20.5. The monoisotopic (exact) mass is 565 g/mol. The van der Waals surface area contributed by atoms with Crippen LogP contribution in [0.2, 0.25) is 0 Å². The molecule has 0 bridgehead atoms. The highest BCUT2D eigenvalue weighted by atomic mass is 79.9. The molecule has 1 aliphatic heterocycles. The van der Waals surface area contributed by atoms with E-state index < -0.39 is 6.09 Å². The second-order valence-electron chi connectivity index (χ2n) is 8.72. The van der Waals surface area contributed by atoms with Crippen molar-refractivity contribution >= 4 is 38.7 Å². The summed E-state index contributed by atoms with van der Waals surface area (Å²) in [6.07, 6.45) is 3.03. The van der Waals surface area contributed by atoms with Crippen LogP contribution in [0.5, 0.6) is 5.75 Å². The number of nitrogens with zero attached hydrogens (tertiary/aromatic N) is 4. The van der Waals surface area contributed by atoms with Crippen LogP contribution in [0.4, 0.5) is 10.5 Å². The average Bonchev–Trinajstić information content (AvgIpc) is 3.34. The third kappa shape index (κ3) is 6.03. The third-order valence-corrected chi connectivity index (χ3v) is 6.81. The predicted octanol–water partition coefficient (Wildman–Crippen LogP) is 4.38. The van der Waals surface area contributed by atoms with E-state index >= 15 is 0 Å². The van der Waals surface area contributed by atoms with Gasteiger partial charge in [0.15, 0.2) is 5.65 Å². The van der Waals surface area contributed by atoms with Crippen LogP contribution in [0.1, 0.15) is 11.1 Å². The number of rotatable bonds is 8. The summed E-state index contributed by atoms with van der Waals surface area (Å²) in [6, 6.07) is 17.5. The molecule has 5 rings (SSSR count). The van der Waals surface area contributed by atoms with Crippen molar-refractivity contribution in [2.75, 3.05) is 38.3 Å². The largest absolute Gasteiger partial charge is 0.497 e. The first-order valence-electron chi connectivity index (χ1n) is 12.0. The smallest absolute Gasteiger partial charge is 0.407 e. The summed E-state index contributed by atoms with van der Waals surface area (Å²) in [5.41, 5.74) is 3.87. The van der Waals surface area contributed by atoms with Crippen LogP contribution in [-0.2, 0) is 22.6 Å². The molecule has 4 aromatic rings. The number of alkyl carbamates (subject to hydrolysis) is 1. The molecule has 0 radical (unpaired) electrons. The maximum atomic E-state index is 12.2. The summed E-state index contributed by atoms with van der Waals surface area (Å²) in [7, 11) is 1.66. The Balaban J connectivity index is 1.24. The fourth-order valence-electron chi connectivity index (χ4n) is 4.35. The minimum absolute atomic E-state index is 0.178. The van der Waals surface area contributed by atoms with Crippen molar-refractivity contribution in [3.63, 3.8) is 0 Å². The summed E-state index contributed by atoms with van der Waals surface area (Å²) < 4.78 is 19.3. The van der Waals surface area contributed by atoms with Gasteiger partial charge in [-0.05, 0) is 39.2 Å². The minimum Gasteiger partial charge on any atom is -0.497 e. The molecule has 1 saturated heterocycles. The quantitative estimate of drug-likeness (QED) is 0.339. The molecule has 192 valence electrons. The Morgan fingerprint density at radius 1 is 1.14 bits per heavy atom.